The average molecular weight is 243 g/mol. The number of rotatable bonds is 1. The fourth-order valence-corrected chi connectivity index (χ4v) is 3.08. The molecule has 0 aliphatic heterocycles. The minimum absolute atomic E-state index is 0.118. The summed E-state index contributed by atoms with van der Waals surface area (Å²) in [6.45, 7) is 0. The Kier molecular flexibility index (Phi) is 2.89. The number of allylic oxidation sites excluding steroid dienone is 3. The van der Waals surface area contributed by atoms with Crippen LogP contribution in [0.2, 0.25) is 0 Å². The van der Waals surface area contributed by atoms with Gasteiger partial charge in [-0.1, -0.05) is 34.2 Å². The van der Waals surface area contributed by atoms with Gasteiger partial charge >= 0.3 is 0 Å². The van der Waals surface area contributed by atoms with Crippen molar-refractivity contribution in [3.05, 3.63) is 23.8 Å². The van der Waals surface area contributed by atoms with Crippen LogP contribution < -0.4 is 0 Å². The van der Waals surface area contributed by atoms with E-state index in [1.54, 1.807) is 0 Å². The molecule has 0 fully saturated rings. The number of hydrogen-bond acceptors (Lipinski definition) is 1. The molecule has 0 spiro atoms. The summed E-state index contributed by atoms with van der Waals surface area (Å²) in [7, 11) is 0. The van der Waals surface area contributed by atoms with Crippen molar-refractivity contribution in [3.63, 3.8) is 0 Å². The fraction of sp³-hybridized carbons (Fsp3) is 0.636. The van der Waals surface area contributed by atoms with Gasteiger partial charge in [0.1, 0.15) is 0 Å². The van der Waals surface area contributed by atoms with Crippen LogP contribution in [0.5, 0.6) is 0 Å². The molecule has 0 saturated heterocycles. The van der Waals surface area contributed by atoms with Crippen molar-refractivity contribution < 1.29 is 5.11 Å². The van der Waals surface area contributed by atoms with Crippen molar-refractivity contribution in [1.29, 1.82) is 0 Å². The van der Waals surface area contributed by atoms with Crippen molar-refractivity contribution in [2.24, 2.45) is 11.8 Å². The van der Waals surface area contributed by atoms with Gasteiger partial charge in [0.25, 0.3) is 0 Å². The lowest BCUT2D eigenvalue weighted by Gasteiger charge is -2.35. The first-order valence-electron chi connectivity index (χ1n) is 4.93. The highest BCUT2D eigenvalue weighted by Crippen LogP contribution is 2.38. The van der Waals surface area contributed by atoms with Crippen molar-refractivity contribution in [2.45, 2.75) is 25.4 Å². The molecule has 0 saturated carbocycles. The van der Waals surface area contributed by atoms with Crippen LogP contribution in [0.1, 0.15) is 19.3 Å². The molecule has 3 atom stereocenters. The van der Waals surface area contributed by atoms with E-state index in [1.807, 2.05) is 0 Å². The number of alkyl halides is 1. The lowest BCUT2D eigenvalue weighted by molar-refractivity contribution is 0.0849. The van der Waals surface area contributed by atoms with E-state index >= 15 is 0 Å². The topological polar surface area (TPSA) is 20.2 Å². The number of aliphatic hydroxyl groups is 1. The fourth-order valence-electron chi connectivity index (χ4n) is 2.41. The van der Waals surface area contributed by atoms with Gasteiger partial charge in [0.2, 0.25) is 0 Å². The van der Waals surface area contributed by atoms with E-state index in [0.29, 0.717) is 11.8 Å². The van der Waals surface area contributed by atoms with Crippen molar-refractivity contribution in [1.82, 2.24) is 0 Å². The van der Waals surface area contributed by atoms with Gasteiger partial charge in [-0.25, -0.2) is 0 Å². The lowest BCUT2D eigenvalue weighted by atomic mass is 9.73. The van der Waals surface area contributed by atoms with Gasteiger partial charge in [-0.3, -0.25) is 0 Å². The third-order valence-corrected chi connectivity index (χ3v) is 3.93. The monoisotopic (exact) mass is 242 g/mol. The summed E-state index contributed by atoms with van der Waals surface area (Å²) in [6, 6.07) is 0. The Balaban J connectivity index is 2.25. The molecule has 0 bridgehead atoms. The van der Waals surface area contributed by atoms with E-state index < -0.39 is 0 Å². The van der Waals surface area contributed by atoms with Gasteiger partial charge in [-0.2, -0.15) is 0 Å². The molecule has 72 valence electrons. The SMILES string of the molecule is OC1CCC=C2C=CCC(CBr)C21. The van der Waals surface area contributed by atoms with E-state index in [4.69, 9.17) is 0 Å². The highest BCUT2D eigenvalue weighted by atomic mass is 79.9. The minimum atomic E-state index is -0.118. The maximum absolute atomic E-state index is 9.91. The maximum Gasteiger partial charge on any atom is 0.0614 e. The highest BCUT2D eigenvalue weighted by Gasteiger charge is 2.32. The zero-order chi connectivity index (χ0) is 9.26. The summed E-state index contributed by atoms with van der Waals surface area (Å²) >= 11 is 3.53. The van der Waals surface area contributed by atoms with Crippen LogP contribution in [0.3, 0.4) is 0 Å². The molecular weight excluding hydrogens is 228 g/mol. The lowest BCUT2D eigenvalue weighted by Crippen LogP contribution is -2.33. The maximum atomic E-state index is 9.91. The Labute approximate surface area is 87.7 Å². The molecule has 1 nitrogen and oxygen atoms in total. The average Bonchev–Trinajstić information content (AvgIpc) is 2.17. The Morgan fingerprint density at radius 3 is 3.15 bits per heavy atom. The molecule has 0 radical (unpaired) electrons. The molecule has 2 rings (SSSR count). The predicted octanol–water partition coefficient (Wildman–Crippen LogP) is 2.65. The van der Waals surface area contributed by atoms with E-state index in [1.165, 1.54) is 5.57 Å². The van der Waals surface area contributed by atoms with Crippen LogP contribution >= 0.6 is 15.9 Å². The van der Waals surface area contributed by atoms with E-state index in [-0.39, 0.29) is 6.10 Å². The van der Waals surface area contributed by atoms with E-state index in [2.05, 4.69) is 34.2 Å². The highest BCUT2D eigenvalue weighted by molar-refractivity contribution is 9.09. The molecule has 1 N–H and O–H groups in total. The van der Waals surface area contributed by atoms with Gasteiger partial charge in [0, 0.05) is 11.2 Å². The van der Waals surface area contributed by atoms with Crippen molar-refractivity contribution in [3.8, 4) is 0 Å². The van der Waals surface area contributed by atoms with Crippen molar-refractivity contribution >= 4 is 15.9 Å². The molecular formula is C11H15BrO. The Hall–Kier alpha value is -0.0800. The first-order valence-corrected chi connectivity index (χ1v) is 6.05. The quantitative estimate of drug-likeness (QED) is 0.702. The molecule has 0 heterocycles. The number of aliphatic hydroxyl groups excluding tert-OH is 1. The second-order valence-electron chi connectivity index (χ2n) is 3.93. The van der Waals surface area contributed by atoms with Crippen LogP contribution in [0.4, 0.5) is 0 Å². The van der Waals surface area contributed by atoms with E-state index in [0.717, 1.165) is 24.6 Å². The summed E-state index contributed by atoms with van der Waals surface area (Å²) in [4.78, 5) is 0. The third kappa shape index (κ3) is 1.75. The zero-order valence-corrected chi connectivity index (χ0v) is 9.20. The number of hydrogen-bond donors (Lipinski definition) is 1. The summed E-state index contributed by atoms with van der Waals surface area (Å²) < 4.78 is 0. The van der Waals surface area contributed by atoms with Gasteiger partial charge in [-0.05, 0) is 30.8 Å². The standard InChI is InChI=1S/C11H15BrO/c12-7-9-5-1-3-8-4-2-6-10(13)11(8)9/h1,3-4,9-11,13H,2,5-7H2. The second-order valence-corrected chi connectivity index (χ2v) is 4.57. The van der Waals surface area contributed by atoms with Crippen LogP contribution in [0, 0.1) is 11.8 Å². The Bertz CT molecular complexity index is 244. The third-order valence-electron chi connectivity index (χ3n) is 3.10. The van der Waals surface area contributed by atoms with Crippen molar-refractivity contribution in [2.75, 3.05) is 5.33 Å². The molecule has 13 heavy (non-hydrogen) atoms. The molecule has 2 heteroatoms. The van der Waals surface area contributed by atoms with Gasteiger partial charge in [0.15, 0.2) is 0 Å². The summed E-state index contributed by atoms with van der Waals surface area (Å²) in [5, 5.41) is 10.9. The number of fused-ring (bicyclic) bond motifs is 1. The largest absolute Gasteiger partial charge is 0.392 e. The van der Waals surface area contributed by atoms with E-state index in [9.17, 15) is 5.11 Å². The van der Waals surface area contributed by atoms with Crippen LogP contribution in [0.25, 0.3) is 0 Å². The predicted molar refractivity (Wildman–Crippen MR) is 57.9 cm³/mol. The molecule has 0 aromatic rings. The Morgan fingerprint density at radius 2 is 2.38 bits per heavy atom. The van der Waals surface area contributed by atoms with Gasteiger partial charge < -0.3 is 5.11 Å². The second kappa shape index (κ2) is 3.97. The van der Waals surface area contributed by atoms with Crippen LogP contribution in [-0.4, -0.2) is 16.5 Å². The molecule has 0 amide bonds. The molecule has 0 aromatic heterocycles. The summed E-state index contributed by atoms with van der Waals surface area (Å²) in [6.07, 6.45) is 9.65. The Morgan fingerprint density at radius 1 is 1.54 bits per heavy atom. The smallest absolute Gasteiger partial charge is 0.0614 e. The first-order chi connectivity index (χ1) is 6.33. The normalized spacial score (nSPS) is 38.3. The van der Waals surface area contributed by atoms with Gasteiger partial charge in [-0.15, -0.1) is 0 Å². The number of halogens is 1. The molecule has 2 aliphatic carbocycles. The zero-order valence-electron chi connectivity index (χ0n) is 7.62. The molecule has 3 unspecified atom stereocenters. The summed E-state index contributed by atoms with van der Waals surface area (Å²) in [5.74, 6) is 0.977. The van der Waals surface area contributed by atoms with Crippen LogP contribution in [0.15, 0.2) is 23.8 Å². The first kappa shape index (κ1) is 9.47. The minimum Gasteiger partial charge on any atom is -0.392 e. The molecule has 0 aromatic carbocycles. The summed E-state index contributed by atoms with van der Waals surface area (Å²) in [5.41, 5.74) is 1.36. The van der Waals surface area contributed by atoms with Crippen LogP contribution in [-0.2, 0) is 0 Å². The molecule has 2 aliphatic rings. The van der Waals surface area contributed by atoms with Gasteiger partial charge in [0.05, 0.1) is 6.10 Å².